The van der Waals surface area contributed by atoms with Crippen LogP contribution < -0.4 is 5.32 Å². The molecule has 0 amide bonds. The minimum absolute atomic E-state index is 0.217. The molecular weight excluding hydrogens is 206 g/mol. The van der Waals surface area contributed by atoms with E-state index in [2.05, 4.69) is 32.3 Å². The summed E-state index contributed by atoms with van der Waals surface area (Å²) in [5.41, 5.74) is 0.616. The zero-order chi connectivity index (χ0) is 11.4. The van der Waals surface area contributed by atoms with Crippen molar-refractivity contribution in [1.29, 1.82) is 0 Å². The number of nitrogens with one attached hydrogen (secondary N) is 1. The van der Waals surface area contributed by atoms with E-state index in [9.17, 15) is 0 Å². The molecule has 1 fully saturated rings. The van der Waals surface area contributed by atoms with Gasteiger partial charge in [-0.05, 0) is 45.6 Å². The summed E-state index contributed by atoms with van der Waals surface area (Å²) >= 11 is 1.94. The van der Waals surface area contributed by atoms with Crippen molar-refractivity contribution in [1.82, 2.24) is 5.32 Å². The molecule has 3 heteroatoms. The molecule has 0 spiro atoms. The molecular formula is C12H25NOS. The lowest BCUT2D eigenvalue weighted by molar-refractivity contribution is 0.142. The molecule has 2 nitrogen and oxygen atoms in total. The van der Waals surface area contributed by atoms with Crippen LogP contribution in [-0.2, 0) is 4.74 Å². The van der Waals surface area contributed by atoms with Crippen LogP contribution in [0.1, 0.15) is 33.6 Å². The van der Waals surface area contributed by atoms with Crippen LogP contribution >= 0.6 is 11.8 Å². The normalized spacial score (nSPS) is 27.2. The van der Waals surface area contributed by atoms with Crippen molar-refractivity contribution in [3.05, 3.63) is 0 Å². The average molecular weight is 231 g/mol. The van der Waals surface area contributed by atoms with Crippen molar-refractivity contribution in [3.8, 4) is 0 Å². The van der Waals surface area contributed by atoms with E-state index in [4.69, 9.17) is 4.74 Å². The minimum Gasteiger partial charge on any atom is -0.381 e. The van der Waals surface area contributed by atoms with Crippen LogP contribution in [0.2, 0.25) is 0 Å². The van der Waals surface area contributed by atoms with Crippen molar-refractivity contribution in [2.45, 2.75) is 39.2 Å². The molecule has 1 saturated heterocycles. The molecule has 1 heterocycles. The summed E-state index contributed by atoms with van der Waals surface area (Å²) in [4.78, 5) is 0. The van der Waals surface area contributed by atoms with E-state index < -0.39 is 0 Å². The van der Waals surface area contributed by atoms with Crippen molar-refractivity contribution < 1.29 is 4.74 Å². The summed E-state index contributed by atoms with van der Waals surface area (Å²) < 4.78 is 5.57. The third-order valence-electron chi connectivity index (χ3n) is 3.02. The van der Waals surface area contributed by atoms with Gasteiger partial charge in [0.2, 0.25) is 0 Å². The molecule has 1 aliphatic rings. The highest BCUT2D eigenvalue weighted by Gasteiger charge is 2.34. The molecule has 0 aromatic carbocycles. The van der Waals surface area contributed by atoms with Crippen molar-refractivity contribution in [3.63, 3.8) is 0 Å². The van der Waals surface area contributed by atoms with Crippen LogP contribution in [0.25, 0.3) is 0 Å². The molecule has 1 aliphatic heterocycles. The summed E-state index contributed by atoms with van der Waals surface area (Å²) in [6.45, 7) is 9.66. The fraction of sp³-hybridized carbons (Fsp3) is 1.00. The monoisotopic (exact) mass is 231 g/mol. The van der Waals surface area contributed by atoms with E-state index >= 15 is 0 Å². The number of hydrogen-bond acceptors (Lipinski definition) is 3. The number of hydrogen-bond donors (Lipinski definition) is 1. The third-order valence-corrected chi connectivity index (χ3v) is 3.63. The van der Waals surface area contributed by atoms with E-state index in [1.807, 2.05) is 11.8 Å². The van der Waals surface area contributed by atoms with Gasteiger partial charge in [-0.25, -0.2) is 0 Å². The molecule has 0 aliphatic carbocycles. The lowest BCUT2D eigenvalue weighted by atomic mass is 9.83. The van der Waals surface area contributed by atoms with Crippen LogP contribution in [0.15, 0.2) is 0 Å². The maximum Gasteiger partial charge on any atom is 0.0535 e. The average Bonchev–Trinajstić information content (AvgIpc) is 2.60. The highest BCUT2D eigenvalue weighted by molar-refractivity contribution is 7.98. The zero-order valence-electron chi connectivity index (χ0n) is 10.6. The summed E-state index contributed by atoms with van der Waals surface area (Å²) in [7, 11) is 0. The van der Waals surface area contributed by atoms with Crippen LogP contribution in [0.5, 0.6) is 0 Å². The van der Waals surface area contributed by atoms with Gasteiger partial charge in [0.1, 0.15) is 0 Å². The van der Waals surface area contributed by atoms with Crippen molar-refractivity contribution in [2.24, 2.45) is 5.41 Å². The molecule has 0 aromatic rings. The zero-order valence-corrected chi connectivity index (χ0v) is 11.4. The predicted molar refractivity (Wildman–Crippen MR) is 68.6 cm³/mol. The van der Waals surface area contributed by atoms with Gasteiger partial charge in [0, 0.05) is 24.1 Å². The minimum atomic E-state index is 0.217. The Labute approximate surface area is 98.5 Å². The lowest BCUT2D eigenvalue weighted by Crippen LogP contribution is -2.44. The van der Waals surface area contributed by atoms with E-state index in [0.29, 0.717) is 5.41 Å². The van der Waals surface area contributed by atoms with E-state index in [1.165, 1.54) is 18.6 Å². The Morgan fingerprint density at radius 3 is 2.60 bits per heavy atom. The van der Waals surface area contributed by atoms with E-state index in [1.54, 1.807) is 0 Å². The molecule has 90 valence electrons. The smallest absolute Gasteiger partial charge is 0.0535 e. The van der Waals surface area contributed by atoms with Gasteiger partial charge in [0.15, 0.2) is 0 Å². The Hall–Kier alpha value is 0.270. The first-order chi connectivity index (χ1) is 6.97. The van der Waals surface area contributed by atoms with Gasteiger partial charge >= 0.3 is 0 Å². The fourth-order valence-corrected chi connectivity index (χ4v) is 2.48. The molecule has 0 aromatic heterocycles. The largest absolute Gasteiger partial charge is 0.381 e. The molecule has 0 saturated carbocycles. The molecule has 0 bridgehead atoms. The van der Waals surface area contributed by atoms with Crippen LogP contribution in [0.4, 0.5) is 0 Å². The first-order valence-electron chi connectivity index (χ1n) is 5.79. The lowest BCUT2D eigenvalue weighted by Gasteiger charge is -2.32. The quantitative estimate of drug-likeness (QED) is 0.785. The van der Waals surface area contributed by atoms with Crippen LogP contribution in [-0.4, -0.2) is 37.3 Å². The van der Waals surface area contributed by atoms with Gasteiger partial charge < -0.3 is 10.1 Å². The van der Waals surface area contributed by atoms with Crippen molar-refractivity contribution in [2.75, 3.05) is 31.8 Å². The van der Waals surface area contributed by atoms with Gasteiger partial charge in [0.05, 0.1) is 6.61 Å². The molecule has 1 atom stereocenters. The second-order valence-electron chi connectivity index (χ2n) is 5.65. The number of thioether (sulfide) groups is 1. The molecule has 1 rings (SSSR count). The second kappa shape index (κ2) is 5.55. The molecule has 15 heavy (non-hydrogen) atoms. The topological polar surface area (TPSA) is 21.3 Å². The highest BCUT2D eigenvalue weighted by Crippen LogP contribution is 2.33. The summed E-state index contributed by atoms with van der Waals surface area (Å²) in [6.07, 6.45) is 4.68. The van der Waals surface area contributed by atoms with Gasteiger partial charge in [-0.3, -0.25) is 0 Å². The van der Waals surface area contributed by atoms with Gasteiger partial charge in [-0.15, -0.1) is 0 Å². The SMILES string of the molecule is CSCCC1(CNC(C)(C)C)CCOC1. The summed E-state index contributed by atoms with van der Waals surface area (Å²) in [5.74, 6) is 1.25. The van der Waals surface area contributed by atoms with E-state index in [0.717, 1.165) is 19.8 Å². The maximum atomic E-state index is 5.57. The van der Waals surface area contributed by atoms with Gasteiger partial charge in [-0.1, -0.05) is 0 Å². The molecule has 1 N–H and O–H groups in total. The molecule has 0 radical (unpaired) electrons. The predicted octanol–water partition coefficient (Wildman–Crippen LogP) is 2.53. The number of rotatable bonds is 5. The van der Waals surface area contributed by atoms with Gasteiger partial charge in [0.25, 0.3) is 0 Å². The Balaban J connectivity index is 2.42. The van der Waals surface area contributed by atoms with Crippen molar-refractivity contribution >= 4 is 11.8 Å². The summed E-state index contributed by atoms with van der Waals surface area (Å²) in [5, 5.41) is 3.62. The first-order valence-corrected chi connectivity index (χ1v) is 7.19. The Morgan fingerprint density at radius 2 is 2.13 bits per heavy atom. The maximum absolute atomic E-state index is 5.57. The fourth-order valence-electron chi connectivity index (χ4n) is 1.85. The highest BCUT2D eigenvalue weighted by atomic mass is 32.2. The third kappa shape index (κ3) is 4.75. The Bertz CT molecular complexity index is 183. The number of ether oxygens (including phenoxy) is 1. The standard InChI is InChI=1S/C12H25NOS/c1-11(2,3)13-9-12(6-8-15-4)5-7-14-10-12/h13H,5-10H2,1-4H3. The summed E-state index contributed by atoms with van der Waals surface area (Å²) in [6, 6.07) is 0. The Kier molecular flexibility index (Phi) is 4.94. The second-order valence-corrected chi connectivity index (χ2v) is 6.63. The van der Waals surface area contributed by atoms with Crippen LogP contribution in [0, 0.1) is 5.41 Å². The molecule has 1 unspecified atom stereocenters. The Morgan fingerprint density at radius 1 is 1.40 bits per heavy atom. The first kappa shape index (κ1) is 13.3. The van der Waals surface area contributed by atoms with E-state index in [-0.39, 0.29) is 5.54 Å². The van der Waals surface area contributed by atoms with Crippen LogP contribution in [0.3, 0.4) is 0 Å². The van der Waals surface area contributed by atoms with Gasteiger partial charge in [-0.2, -0.15) is 11.8 Å².